The van der Waals surface area contributed by atoms with E-state index in [9.17, 15) is 4.79 Å². The molecule has 2 nitrogen and oxygen atoms in total. The summed E-state index contributed by atoms with van der Waals surface area (Å²) in [5.41, 5.74) is 0. The van der Waals surface area contributed by atoms with E-state index in [1.807, 2.05) is 0 Å². The smallest absolute Gasteiger partial charge is 0.303 e. The van der Waals surface area contributed by atoms with Crippen LogP contribution in [0.15, 0.2) is 24.3 Å². The molecular weight excluding hydrogens is 332 g/mol. The summed E-state index contributed by atoms with van der Waals surface area (Å²) >= 11 is 0. The molecule has 0 aliphatic carbocycles. The lowest BCUT2D eigenvalue weighted by atomic mass is 10.0. The van der Waals surface area contributed by atoms with Gasteiger partial charge in [-0.2, -0.15) is 0 Å². The molecule has 1 N–H and O–H groups in total. The van der Waals surface area contributed by atoms with Crippen molar-refractivity contribution in [1.29, 1.82) is 0 Å². The number of hydrogen-bond donors (Lipinski definition) is 1. The molecule has 0 heterocycles. The molecule has 0 aromatic carbocycles. The van der Waals surface area contributed by atoms with E-state index in [1.54, 1.807) is 0 Å². The SMILES string of the molecule is CCCCCCCCCCCCCCC/C=C\CC/C=C\CCCC(=O)O. The van der Waals surface area contributed by atoms with E-state index in [4.69, 9.17) is 5.11 Å². The summed E-state index contributed by atoms with van der Waals surface area (Å²) in [4.78, 5) is 10.4. The topological polar surface area (TPSA) is 37.3 Å². The van der Waals surface area contributed by atoms with E-state index in [0.717, 1.165) is 25.7 Å². The molecule has 0 saturated heterocycles. The van der Waals surface area contributed by atoms with Crippen molar-refractivity contribution in [2.24, 2.45) is 0 Å². The van der Waals surface area contributed by atoms with Crippen LogP contribution in [0, 0.1) is 0 Å². The molecule has 0 rings (SSSR count). The van der Waals surface area contributed by atoms with Gasteiger partial charge in [0.15, 0.2) is 0 Å². The Morgan fingerprint density at radius 2 is 0.926 bits per heavy atom. The minimum Gasteiger partial charge on any atom is -0.481 e. The summed E-state index contributed by atoms with van der Waals surface area (Å²) in [5, 5.41) is 8.55. The van der Waals surface area contributed by atoms with Crippen LogP contribution in [-0.4, -0.2) is 11.1 Å². The number of aliphatic carboxylic acids is 1. The number of carboxylic acid groups (broad SMARTS) is 1. The van der Waals surface area contributed by atoms with Gasteiger partial charge in [0.25, 0.3) is 0 Å². The predicted octanol–water partition coefficient (Wildman–Crippen LogP) is 8.62. The molecule has 2 heteroatoms. The zero-order valence-corrected chi connectivity index (χ0v) is 18.1. The highest BCUT2D eigenvalue weighted by atomic mass is 16.4. The maximum atomic E-state index is 10.4. The Labute approximate surface area is 169 Å². The van der Waals surface area contributed by atoms with E-state index in [2.05, 4.69) is 31.2 Å². The number of carbonyl (C=O) groups is 1. The molecule has 0 spiro atoms. The highest BCUT2D eigenvalue weighted by Gasteiger charge is 1.94. The van der Waals surface area contributed by atoms with Gasteiger partial charge in [-0.05, 0) is 38.5 Å². The quantitative estimate of drug-likeness (QED) is 0.160. The molecule has 0 aromatic heterocycles. The summed E-state index contributed by atoms with van der Waals surface area (Å²) in [6, 6.07) is 0. The highest BCUT2D eigenvalue weighted by molar-refractivity contribution is 5.66. The number of carboxylic acids is 1. The molecule has 0 amide bonds. The fourth-order valence-electron chi connectivity index (χ4n) is 3.31. The van der Waals surface area contributed by atoms with Gasteiger partial charge in [0.2, 0.25) is 0 Å². The second-order valence-electron chi connectivity index (χ2n) is 7.84. The number of rotatable bonds is 21. The van der Waals surface area contributed by atoms with Crippen molar-refractivity contribution >= 4 is 5.97 Å². The lowest BCUT2D eigenvalue weighted by molar-refractivity contribution is -0.137. The Morgan fingerprint density at radius 1 is 0.556 bits per heavy atom. The van der Waals surface area contributed by atoms with Gasteiger partial charge in [0.05, 0.1) is 0 Å². The molecule has 0 unspecified atom stereocenters. The van der Waals surface area contributed by atoms with Crippen molar-refractivity contribution in [2.75, 3.05) is 0 Å². The molecule has 0 atom stereocenters. The summed E-state index contributed by atoms with van der Waals surface area (Å²) in [6.45, 7) is 2.28. The van der Waals surface area contributed by atoms with Gasteiger partial charge in [0.1, 0.15) is 0 Å². The second kappa shape index (κ2) is 23.0. The van der Waals surface area contributed by atoms with Crippen LogP contribution in [0.1, 0.15) is 129 Å². The molecule has 0 saturated carbocycles. The van der Waals surface area contributed by atoms with E-state index in [-0.39, 0.29) is 6.42 Å². The van der Waals surface area contributed by atoms with Crippen LogP contribution in [0.25, 0.3) is 0 Å². The fourth-order valence-corrected chi connectivity index (χ4v) is 3.31. The van der Waals surface area contributed by atoms with Crippen molar-refractivity contribution < 1.29 is 9.90 Å². The maximum Gasteiger partial charge on any atom is 0.303 e. The third-order valence-corrected chi connectivity index (χ3v) is 5.07. The summed E-state index contributed by atoms with van der Waals surface area (Å²) in [6.07, 6.45) is 32.7. The van der Waals surface area contributed by atoms with Crippen molar-refractivity contribution in [3.05, 3.63) is 24.3 Å². The van der Waals surface area contributed by atoms with Gasteiger partial charge in [-0.3, -0.25) is 4.79 Å². The van der Waals surface area contributed by atoms with Crippen LogP contribution >= 0.6 is 0 Å². The lowest BCUT2D eigenvalue weighted by Crippen LogP contribution is -1.92. The minimum absolute atomic E-state index is 0.281. The summed E-state index contributed by atoms with van der Waals surface area (Å²) < 4.78 is 0. The number of unbranched alkanes of at least 4 members (excludes halogenated alkanes) is 15. The average molecular weight is 379 g/mol. The van der Waals surface area contributed by atoms with Crippen molar-refractivity contribution in [1.82, 2.24) is 0 Å². The van der Waals surface area contributed by atoms with Crippen molar-refractivity contribution in [2.45, 2.75) is 129 Å². The lowest BCUT2D eigenvalue weighted by Gasteiger charge is -2.02. The molecule has 0 radical (unpaired) electrons. The minimum atomic E-state index is -0.695. The van der Waals surface area contributed by atoms with Crippen LogP contribution < -0.4 is 0 Å². The molecule has 0 aliphatic heterocycles. The molecule has 0 bridgehead atoms. The van der Waals surface area contributed by atoms with Gasteiger partial charge >= 0.3 is 5.97 Å². The van der Waals surface area contributed by atoms with Crippen molar-refractivity contribution in [3.63, 3.8) is 0 Å². The Morgan fingerprint density at radius 3 is 1.37 bits per heavy atom. The van der Waals surface area contributed by atoms with E-state index >= 15 is 0 Å². The van der Waals surface area contributed by atoms with Gasteiger partial charge in [0, 0.05) is 6.42 Å². The standard InChI is InChI=1S/C25H46O2/c1-2-3-4-5-6-7-8-9-10-11-12-13-14-15-16-17-18-19-20-21-22-23-24-25(26)27/h16-17,20-21H,2-15,18-19,22-24H2,1H3,(H,26,27)/b17-16-,21-20-. The van der Waals surface area contributed by atoms with Crippen LogP contribution in [0.3, 0.4) is 0 Å². The van der Waals surface area contributed by atoms with Crippen molar-refractivity contribution in [3.8, 4) is 0 Å². The molecule has 158 valence electrons. The maximum absolute atomic E-state index is 10.4. The van der Waals surface area contributed by atoms with Crippen LogP contribution in [0.4, 0.5) is 0 Å². The Hall–Kier alpha value is -1.05. The van der Waals surface area contributed by atoms with E-state index in [1.165, 1.54) is 89.9 Å². The molecule has 0 fully saturated rings. The fraction of sp³-hybridized carbons (Fsp3) is 0.800. The first-order valence-electron chi connectivity index (χ1n) is 11.8. The Kier molecular flexibility index (Phi) is 22.1. The van der Waals surface area contributed by atoms with Gasteiger partial charge in [-0.25, -0.2) is 0 Å². The van der Waals surface area contributed by atoms with Crippen LogP contribution in [-0.2, 0) is 4.79 Å². The Balaban J connectivity index is 3.14. The molecule has 27 heavy (non-hydrogen) atoms. The zero-order valence-electron chi connectivity index (χ0n) is 18.1. The summed E-state index contributed by atoms with van der Waals surface area (Å²) in [7, 11) is 0. The Bertz CT molecular complexity index is 357. The highest BCUT2D eigenvalue weighted by Crippen LogP contribution is 2.13. The van der Waals surface area contributed by atoms with Crippen LogP contribution in [0.2, 0.25) is 0 Å². The predicted molar refractivity (Wildman–Crippen MR) is 119 cm³/mol. The normalized spacial score (nSPS) is 11.7. The second-order valence-corrected chi connectivity index (χ2v) is 7.84. The average Bonchev–Trinajstić information content (AvgIpc) is 2.65. The first-order valence-corrected chi connectivity index (χ1v) is 11.8. The first-order chi connectivity index (χ1) is 13.3. The number of allylic oxidation sites excluding steroid dienone is 4. The third kappa shape index (κ3) is 24.9. The largest absolute Gasteiger partial charge is 0.481 e. The molecular formula is C25H46O2. The van der Waals surface area contributed by atoms with Gasteiger partial charge < -0.3 is 5.11 Å². The van der Waals surface area contributed by atoms with E-state index in [0.29, 0.717) is 0 Å². The van der Waals surface area contributed by atoms with Gasteiger partial charge in [-0.1, -0.05) is 108 Å². The monoisotopic (exact) mass is 378 g/mol. The summed E-state index contributed by atoms with van der Waals surface area (Å²) in [5.74, 6) is -0.695. The first kappa shape index (κ1) is 26.0. The van der Waals surface area contributed by atoms with E-state index < -0.39 is 5.97 Å². The zero-order chi connectivity index (χ0) is 19.8. The molecule has 0 aliphatic rings. The third-order valence-electron chi connectivity index (χ3n) is 5.07. The molecule has 0 aromatic rings. The van der Waals surface area contributed by atoms with Gasteiger partial charge in [-0.15, -0.1) is 0 Å². The number of hydrogen-bond acceptors (Lipinski definition) is 1. The van der Waals surface area contributed by atoms with Crippen LogP contribution in [0.5, 0.6) is 0 Å².